The molecule has 1 aliphatic heterocycles. The number of nitrogens with zero attached hydrogens (tertiary/aromatic N) is 1. The van der Waals surface area contributed by atoms with Gasteiger partial charge in [-0.2, -0.15) is 0 Å². The molecule has 0 radical (unpaired) electrons. The van der Waals surface area contributed by atoms with Crippen LogP contribution in [-0.2, 0) is 4.74 Å². The van der Waals surface area contributed by atoms with E-state index in [1.165, 1.54) is 13.2 Å². The van der Waals surface area contributed by atoms with Crippen molar-refractivity contribution in [3.8, 4) is 0 Å². The molecule has 3 atom stereocenters. The summed E-state index contributed by atoms with van der Waals surface area (Å²) in [5.74, 6) is -0.0858. The highest BCUT2D eigenvalue weighted by molar-refractivity contribution is 6.32. The van der Waals surface area contributed by atoms with Gasteiger partial charge in [-0.05, 0) is 35.6 Å². The van der Waals surface area contributed by atoms with Crippen LogP contribution in [0.15, 0.2) is 48.6 Å². The number of methoxy groups -OCH3 is 1. The smallest absolute Gasteiger partial charge is 0.339 e. The van der Waals surface area contributed by atoms with Gasteiger partial charge in [-0.1, -0.05) is 42.0 Å². The lowest BCUT2D eigenvalue weighted by Gasteiger charge is -2.38. The van der Waals surface area contributed by atoms with Crippen molar-refractivity contribution >= 4 is 28.9 Å². The van der Waals surface area contributed by atoms with E-state index < -0.39 is 10.9 Å². The molecule has 7 heteroatoms. The average Bonchev–Trinajstić information content (AvgIpc) is 3.16. The topological polar surface area (TPSA) is 81.5 Å². The third-order valence-corrected chi connectivity index (χ3v) is 5.65. The summed E-state index contributed by atoms with van der Waals surface area (Å²) >= 11 is 5.97. The Kier molecular flexibility index (Phi) is 4.36. The van der Waals surface area contributed by atoms with Crippen LogP contribution in [0.5, 0.6) is 0 Å². The zero-order valence-corrected chi connectivity index (χ0v) is 15.3. The highest BCUT2D eigenvalue weighted by Crippen LogP contribution is 2.51. The van der Waals surface area contributed by atoms with Gasteiger partial charge in [0, 0.05) is 12.0 Å². The number of nitro groups is 1. The first-order chi connectivity index (χ1) is 13.0. The summed E-state index contributed by atoms with van der Waals surface area (Å²) in [7, 11) is 1.35. The molecule has 1 N–H and O–H groups in total. The molecule has 2 aliphatic rings. The van der Waals surface area contributed by atoms with Crippen LogP contribution in [0.25, 0.3) is 0 Å². The first-order valence-corrected chi connectivity index (χ1v) is 8.97. The van der Waals surface area contributed by atoms with Gasteiger partial charge in [0.1, 0.15) is 5.02 Å². The molecule has 3 unspecified atom stereocenters. The number of nitrogens with one attached hydrogen (secondary N) is 1. The monoisotopic (exact) mass is 384 g/mol. The van der Waals surface area contributed by atoms with Gasteiger partial charge in [-0.25, -0.2) is 4.79 Å². The van der Waals surface area contributed by atoms with Gasteiger partial charge in [0.05, 0.1) is 29.3 Å². The molecule has 138 valence electrons. The minimum absolute atomic E-state index is 0.108. The van der Waals surface area contributed by atoms with Gasteiger partial charge >= 0.3 is 5.97 Å². The van der Waals surface area contributed by atoms with E-state index >= 15 is 0 Å². The summed E-state index contributed by atoms with van der Waals surface area (Å²) in [5.41, 5.74) is 2.87. The maximum Gasteiger partial charge on any atom is 0.339 e. The summed E-state index contributed by atoms with van der Waals surface area (Å²) in [5, 5.41) is 14.8. The Morgan fingerprint density at radius 2 is 2.15 bits per heavy atom. The molecule has 1 heterocycles. The number of nitro benzene ring substituents is 1. The number of carbonyl (C=O) groups is 1. The van der Waals surface area contributed by atoms with Gasteiger partial charge in [0.25, 0.3) is 5.69 Å². The molecule has 0 bridgehead atoms. The first kappa shape index (κ1) is 17.5. The third kappa shape index (κ3) is 2.86. The molecular formula is C20H17ClN2O4. The number of benzene rings is 2. The Balaban J connectivity index is 1.83. The van der Waals surface area contributed by atoms with Gasteiger partial charge in [0.2, 0.25) is 0 Å². The summed E-state index contributed by atoms with van der Waals surface area (Å²) in [6.45, 7) is 0. The number of ether oxygens (including phenoxy) is 1. The summed E-state index contributed by atoms with van der Waals surface area (Å²) in [6.07, 6.45) is 5.11. The minimum atomic E-state index is -0.479. The van der Waals surface area contributed by atoms with Crippen LogP contribution in [0.3, 0.4) is 0 Å². The molecule has 0 fully saturated rings. The van der Waals surface area contributed by atoms with Gasteiger partial charge in [0.15, 0.2) is 0 Å². The summed E-state index contributed by atoms with van der Waals surface area (Å²) in [6, 6.07) is 10.3. The van der Waals surface area contributed by atoms with E-state index in [9.17, 15) is 14.9 Å². The molecule has 6 nitrogen and oxygen atoms in total. The second-order valence-electron chi connectivity index (χ2n) is 6.70. The standard InChI is InChI=1S/C20H17ClN2O4/c1-27-20(24)15-7-3-6-14-12-4-2-5-13(12)18(22-19(14)15)11-8-9-16(21)17(10-11)23(25)26/h2-4,6-10,12-13,18,22H,5H2,1H3. The van der Waals surface area contributed by atoms with E-state index in [0.717, 1.165) is 23.2 Å². The van der Waals surface area contributed by atoms with Crippen molar-refractivity contribution in [1.29, 1.82) is 0 Å². The number of anilines is 1. The maximum absolute atomic E-state index is 12.2. The minimum Gasteiger partial charge on any atom is -0.465 e. The van der Waals surface area contributed by atoms with Crippen molar-refractivity contribution in [2.45, 2.75) is 18.4 Å². The van der Waals surface area contributed by atoms with Crippen molar-refractivity contribution in [3.05, 3.63) is 80.4 Å². The Bertz CT molecular complexity index is 972. The van der Waals surface area contributed by atoms with E-state index in [1.54, 1.807) is 18.2 Å². The number of esters is 1. The number of hydrogen-bond donors (Lipinski definition) is 1. The van der Waals surface area contributed by atoms with E-state index in [4.69, 9.17) is 16.3 Å². The Hall–Kier alpha value is -2.86. The van der Waals surface area contributed by atoms with Crippen LogP contribution in [0.4, 0.5) is 11.4 Å². The lowest BCUT2D eigenvalue weighted by Crippen LogP contribution is -2.30. The molecule has 2 aromatic rings. The normalized spacial score (nSPS) is 22.5. The number of halogens is 1. The predicted octanol–water partition coefficient (Wildman–Crippen LogP) is 4.86. The molecule has 2 aromatic carbocycles. The van der Waals surface area contributed by atoms with Crippen molar-refractivity contribution in [3.63, 3.8) is 0 Å². The Labute approximate surface area is 160 Å². The predicted molar refractivity (Wildman–Crippen MR) is 102 cm³/mol. The Morgan fingerprint density at radius 3 is 2.89 bits per heavy atom. The largest absolute Gasteiger partial charge is 0.465 e. The lowest BCUT2D eigenvalue weighted by molar-refractivity contribution is -0.384. The van der Waals surface area contributed by atoms with Crippen LogP contribution < -0.4 is 5.32 Å². The highest BCUT2D eigenvalue weighted by atomic mass is 35.5. The average molecular weight is 385 g/mol. The number of rotatable bonds is 3. The molecule has 1 aliphatic carbocycles. The van der Waals surface area contributed by atoms with E-state index in [0.29, 0.717) is 5.56 Å². The highest BCUT2D eigenvalue weighted by Gasteiger charge is 2.39. The summed E-state index contributed by atoms with van der Waals surface area (Å²) < 4.78 is 4.92. The van der Waals surface area contributed by atoms with Crippen molar-refractivity contribution in [2.75, 3.05) is 12.4 Å². The quantitative estimate of drug-likeness (QED) is 0.353. The fraction of sp³-hybridized carbons (Fsp3) is 0.250. The number of para-hydroxylation sites is 1. The fourth-order valence-corrected chi connectivity index (χ4v) is 4.28. The number of hydrogen-bond acceptors (Lipinski definition) is 5. The van der Waals surface area contributed by atoms with E-state index in [2.05, 4.69) is 17.5 Å². The molecule has 4 rings (SSSR count). The van der Waals surface area contributed by atoms with Crippen LogP contribution in [-0.4, -0.2) is 18.0 Å². The number of fused-ring (bicyclic) bond motifs is 3. The van der Waals surface area contributed by atoms with Crippen molar-refractivity contribution in [1.82, 2.24) is 0 Å². The lowest BCUT2D eigenvalue weighted by atomic mass is 9.76. The van der Waals surface area contributed by atoms with Gasteiger partial charge in [-0.3, -0.25) is 10.1 Å². The SMILES string of the molecule is COC(=O)c1cccc2c1NC(c1ccc(Cl)c([N+](=O)[O-])c1)C1CC=CC21. The maximum atomic E-state index is 12.2. The second kappa shape index (κ2) is 6.70. The molecule has 0 aromatic heterocycles. The number of carbonyl (C=O) groups excluding carboxylic acids is 1. The first-order valence-electron chi connectivity index (χ1n) is 8.59. The second-order valence-corrected chi connectivity index (χ2v) is 7.11. The third-order valence-electron chi connectivity index (χ3n) is 5.33. The molecule has 0 spiro atoms. The van der Waals surface area contributed by atoms with Gasteiger partial charge < -0.3 is 10.1 Å². The molecule has 0 amide bonds. The van der Waals surface area contributed by atoms with Crippen LogP contribution in [0.2, 0.25) is 5.02 Å². The molecule has 0 saturated heterocycles. The molecule has 27 heavy (non-hydrogen) atoms. The van der Waals surface area contributed by atoms with Crippen molar-refractivity contribution < 1.29 is 14.5 Å². The van der Waals surface area contributed by atoms with Gasteiger partial charge in [-0.15, -0.1) is 0 Å². The van der Waals surface area contributed by atoms with E-state index in [-0.39, 0.29) is 28.6 Å². The van der Waals surface area contributed by atoms with E-state index in [1.807, 2.05) is 12.1 Å². The number of allylic oxidation sites excluding steroid dienone is 2. The van der Waals surface area contributed by atoms with Crippen LogP contribution in [0.1, 0.15) is 39.9 Å². The molecular weight excluding hydrogens is 368 g/mol. The van der Waals surface area contributed by atoms with Crippen molar-refractivity contribution in [2.24, 2.45) is 5.92 Å². The molecule has 0 saturated carbocycles. The zero-order chi connectivity index (χ0) is 19.1. The summed E-state index contributed by atoms with van der Waals surface area (Å²) in [4.78, 5) is 23.0. The Morgan fingerprint density at radius 1 is 1.33 bits per heavy atom. The fourth-order valence-electron chi connectivity index (χ4n) is 4.09. The zero-order valence-electron chi connectivity index (χ0n) is 14.5. The van der Waals surface area contributed by atoms with Crippen LogP contribution >= 0.6 is 11.6 Å². The van der Waals surface area contributed by atoms with Crippen LogP contribution in [0, 0.1) is 16.0 Å².